The number of nitrogens with two attached hydrogens (primary N) is 1. The number of hydrogen-bond donors (Lipinski definition) is 1. The molecule has 1 rings (SSSR count). The Morgan fingerprint density at radius 3 is 2.73 bits per heavy atom. The molecule has 15 heavy (non-hydrogen) atoms. The quantitative estimate of drug-likeness (QED) is 0.886. The van der Waals surface area contributed by atoms with Crippen molar-refractivity contribution in [2.24, 2.45) is 5.73 Å². The van der Waals surface area contributed by atoms with Crippen molar-refractivity contribution in [2.45, 2.75) is 36.5 Å². The summed E-state index contributed by atoms with van der Waals surface area (Å²) in [6.07, 6.45) is 0.827. The summed E-state index contributed by atoms with van der Waals surface area (Å²) in [5.41, 5.74) is 5.87. The molecular formula is C11H16ClNOS. The van der Waals surface area contributed by atoms with E-state index in [0.717, 1.165) is 11.3 Å². The highest BCUT2D eigenvalue weighted by atomic mass is 35.5. The Labute approximate surface area is 98.3 Å². The molecule has 3 atom stereocenters. The highest BCUT2D eigenvalue weighted by Crippen LogP contribution is 2.18. The van der Waals surface area contributed by atoms with Crippen LogP contribution in [-0.2, 0) is 10.8 Å². The minimum atomic E-state index is -1.08. The zero-order valence-electron chi connectivity index (χ0n) is 8.94. The second kappa shape index (κ2) is 5.64. The van der Waals surface area contributed by atoms with Crippen LogP contribution in [0.4, 0.5) is 0 Å². The molecule has 84 valence electrons. The lowest BCUT2D eigenvalue weighted by atomic mass is 10.2. The minimum absolute atomic E-state index is 0.0372. The van der Waals surface area contributed by atoms with Gasteiger partial charge in [0.2, 0.25) is 0 Å². The molecule has 0 aliphatic carbocycles. The molecule has 3 unspecified atom stereocenters. The van der Waals surface area contributed by atoms with Crippen molar-refractivity contribution in [1.29, 1.82) is 0 Å². The average molecular weight is 246 g/mol. The van der Waals surface area contributed by atoms with Crippen molar-refractivity contribution >= 4 is 22.4 Å². The zero-order chi connectivity index (χ0) is 11.4. The highest BCUT2D eigenvalue weighted by Gasteiger charge is 2.19. The molecule has 2 N–H and O–H groups in total. The van der Waals surface area contributed by atoms with E-state index in [4.69, 9.17) is 17.3 Å². The molecule has 1 aromatic rings. The molecule has 4 heteroatoms. The monoisotopic (exact) mass is 245 g/mol. The third kappa shape index (κ3) is 3.30. The molecule has 0 aliphatic heterocycles. The topological polar surface area (TPSA) is 43.1 Å². The van der Waals surface area contributed by atoms with Gasteiger partial charge in [0, 0.05) is 16.0 Å². The largest absolute Gasteiger partial charge is 0.327 e. The third-order valence-corrected chi connectivity index (χ3v) is 4.42. The van der Waals surface area contributed by atoms with Crippen LogP contribution >= 0.6 is 11.6 Å². The summed E-state index contributed by atoms with van der Waals surface area (Å²) in [6.45, 7) is 3.90. The molecule has 2 nitrogen and oxygen atoms in total. The Balaban J connectivity index is 2.85. The van der Waals surface area contributed by atoms with Crippen molar-refractivity contribution in [2.75, 3.05) is 0 Å². The molecule has 0 fully saturated rings. The van der Waals surface area contributed by atoms with E-state index in [1.807, 2.05) is 19.9 Å². The summed E-state index contributed by atoms with van der Waals surface area (Å²) in [6, 6.07) is 7.09. The molecule has 0 spiro atoms. The van der Waals surface area contributed by atoms with Gasteiger partial charge in [-0.05, 0) is 31.5 Å². The molecule has 0 amide bonds. The molecule has 1 aromatic carbocycles. The lowest BCUT2D eigenvalue weighted by Gasteiger charge is -2.17. The Hall–Kier alpha value is -0.380. The van der Waals surface area contributed by atoms with E-state index >= 15 is 0 Å². The van der Waals surface area contributed by atoms with Crippen molar-refractivity contribution in [1.82, 2.24) is 0 Å². The number of benzene rings is 1. The molecule has 0 heterocycles. The highest BCUT2D eigenvalue weighted by molar-refractivity contribution is 7.85. The van der Waals surface area contributed by atoms with E-state index in [2.05, 4.69) is 0 Å². The first-order valence-electron chi connectivity index (χ1n) is 4.98. The number of hydrogen-bond acceptors (Lipinski definition) is 2. The molecular weight excluding hydrogens is 230 g/mol. The van der Waals surface area contributed by atoms with E-state index < -0.39 is 10.8 Å². The van der Waals surface area contributed by atoms with E-state index in [1.54, 1.807) is 18.2 Å². The summed E-state index contributed by atoms with van der Waals surface area (Å²) in [5.74, 6) is 0. The first-order valence-corrected chi connectivity index (χ1v) is 6.57. The summed E-state index contributed by atoms with van der Waals surface area (Å²) in [4.78, 5) is 0.749. The summed E-state index contributed by atoms with van der Waals surface area (Å²) in [7, 11) is -1.08. The maximum atomic E-state index is 12.1. The Kier molecular flexibility index (Phi) is 4.77. The fourth-order valence-electron chi connectivity index (χ4n) is 1.30. The maximum Gasteiger partial charge on any atom is 0.0574 e. The first kappa shape index (κ1) is 12.7. The van der Waals surface area contributed by atoms with Crippen molar-refractivity contribution in [3.63, 3.8) is 0 Å². The predicted octanol–water partition coefficient (Wildman–Crippen LogP) is 2.57. The molecule has 0 saturated heterocycles. The standard InChI is InChI=1S/C11H16ClNOS/c1-3-11(13)8(2)15(14)10-6-4-5-9(12)7-10/h4-8,11H,3,13H2,1-2H3. The average Bonchev–Trinajstić information content (AvgIpc) is 2.26. The smallest absolute Gasteiger partial charge is 0.0574 e. The lowest BCUT2D eigenvalue weighted by Crippen LogP contribution is -2.34. The van der Waals surface area contributed by atoms with Gasteiger partial charge in [-0.25, -0.2) is 0 Å². The van der Waals surface area contributed by atoms with Gasteiger partial charge in [0.1, 0.15) is 0 Å². The van der Waals surface area contributed by atoms with Crippen LogP contribution in [0.15, 0.2) is 29.2 Å². The fourth-order valence-corrected chi connectivity index (χ4v) is 2.95. The third-order valence-electron chi connectivity index (χ3n) is 2.44. The predicted molar refractivity (Wildman–Crippen MR) is 65.6 cm³/mol. The van der Waals surface area contributed by atoms with Gasteiger partial charge in [0.15, 0.2) is 0 Å². The molecule has 0 radical (unpaired) electrons. The Morgan fingerprint density at radius 2 is 2.20 bits per heavy atom. The van der Waals surface area contributed by atoms with Crippen LogP contribution in [0.5, 0.6) is 0 Å². The van der Waals surface area contributed by atoms with Gasteiger partial charge < -0.3 is 5.73 Å². The fraction of sp³-hybridized carbons (Fsp3) is 0.455. The summed E-state index contributed by atoms with van der Waals surface area (Å²) >= 11 is 5.84. The molecule has 0 saturated carbocycles. The number of halogens is 1. The first-order chi connectivity index (χ1) is 7.06. The van der Waals surface area contributed by atoms with E-state index in [9.17, 15) is 4.21 Å². The SMILES string of the molecule is CCC(N)C(C)S(=O)c1cccc(Cl)c1. The van der Waals surface area contributed by atoms with Crippen LogP contribution in [0, 0.1) is 0 Å². The van der Waals surface area contributed by atoms with Crippen LogP contribution in [0.2, 0.25) is 5.02 Å². The maximum absolute atomic E-state index is 12.1. The van der Waals surface area contributed by atoms with Crippen molar-refractivity contribution in [3.8, 4) is 0 Å². The minimum Gasteiger partial charge on any atom is -0.327 e. The lowest BCUT2D eigenvalue weighted by molar-refractivity contribution is 0.610. The second-order valence-corrected chi connectivity index (χ2v) is 5.78. The van der Waals surface area contributed by atoms with E-state index in [1.165, 1.54) is 0 Å². The van der Waals surface area contributed by atoms with Crippen LogP contribution in [0.3, 0.4) is 0 Å². The Bertz CT molecular complexity index is 356. The van der Waals surface area contributed by atoms with Crippen molar-refractivity contribution in [3.05, 3.63) is 29.3 Å². The van der Waals surface area contributed by atoms with E-state index in [0.29, 0.717) is 5.02 Å². The van der Waals surface area contributed by atoms with Crippen LogP contribution in [0.1, 0.15) is 20.3 Å². The van der Waals surface area contributed by atoms with Gasteiger partial charge >= 0.3 is 0 Å². The van der Waals surface area contributed by atoms with Crippen LogP contribution in [0.25, 0.3) is 0 Å². The molecule has 0 aromatic heterocycles. The van der Waals surface area contributed by atoms with E-state index in [-0.39, 0.29) is 11.3 Å². The van der Waals surface area contributed by atoms with Gasteiger partial charge in [-0.3, -0.25) is 4.21 Å². The van der Waals surface area contributed by atoms with Gasteiger partial charge in [-0.15, -0.1) is 0 Å². The number of rotatable bonds is 4. The molecule has 0 bridgehead atoms. The van der Waals surface area contributed by atoms with Gasteiger partial charge in [0.25, 0.3) is 0 Å². The van der Waals surface area contributed by atoms with Gasteiger partial charge in [-0.2, -0.15) is 0 Å². The normalized spacial score (nSPS) is 17.1. The van der Waals surface area contributed by atoms with Crippen molar-refractivity contribution < 1.29 is 4.21 Å². The second-order valence-electron chi connectivity index (χ2n) is 3.53. The molecule has 0 aliphatic rings. The van der Waals surface area contributed by atoms with Gasteiger partial charge in [0.05, 0.1) is 16.0 Å². The van der Waals surface area contributed by atoms with Gasteiger partial charge in [-0.1, -0.05) is 24.6 Å². The zero-order valence-corrected chi connectivity index (χ0v) is 10.5. The van der Waals surface area contributed by atoms with Crippen LogP contribution < -0.4 is 5.73 Å². The Morgan fingerprint density at radius 1 is 1.53 bits per heavy atom. The summed E-state index contributed by atoms with van der Waals surface area (Å²) < 4.78 is 12.1. The summed E-state index contributed by atoms with van der Waals surface area (Å²) in [5, 5.41) is 0.562. The van der Waals surface area contributed by atoms with Crippen LogP contribution in [-0.4, -0.2) is 15.5 Å².